The minimum Gasteiger partial charge on any atom is -0.390 e. The Morgan fingerprint density at radius 3 is 2.39 bits per heavy atom. The Hall–Kier alpha value is -1.93. The highest BCUT2D eigenvalue weighted by molar-refractivity contribution is 5.23. The summed E-state index contributed by atoms with van der Waals surface area (Å²) >= 11 is 0. The highest BCUT2D eigenvalue weighted by atomic mass is 16.6. The number of rotatable bonds is 5. The topological polar surface area (TPSA) is 87.2 Å². The van der Waals surface area contributed by atoms with E-state index in [2.05, 4.69) is 0 Å². The van der Waals surface area contributed by atoms with Crippen LogP contribution in [0, 0.1) is 21.4 Å². The first-order valence-electron chi connectivity index (χ1n) is 5.65. The lowest BCUT2D eigenvalue weighted by molar-refractivity contribution is -0.511. The predicted molar refractivity (Wildman–Crippen MR) is 66.5 cm³/mol. The van der Waals surface area contributed by atoms with Crippen LogP contribution in [0.2, 0.25) is 0 Å². The summed E-state index contributed by atoms with van der Waals surface area (Å²) in [4.78, 5) is 10.3. The molecule has 0 heterocycles. The van der Waals surface area contributed by atoms with Crippen LogP contribution in [0.15, 0.2) is 30.3 Å². The van der Waals surface area contributed by atoms with E-state index in [1.165, 1.54) is 0 Å². The highest BCUT2D eigenvalue weighted by Gasteiger charge is 2.36. The summed E-state index contributed by atoms with van der Waals surface area (Å²) in [5.41, 5.74) is -0.367. The van der Waals surface area contributed by atoms with E-state index in [0.29, 0.717) is 5.56 Å². The molecule has 0 amide bonds. The molecule has 0 radical (unpaired) electrons. The van der Waals surface area contributed by atoms with Gasteiger partial charge in [0.15, 0.2) is 0 Å². The van der Waals surface area contributed by atoms with Gasteiger partial charge in [0.2, 0.25) is 0 Å². The number of nitriles is 1. The lowest BCUT2D eigenvalue weighted by Crippen LogP contribution is -2.32. The zero-order valence-corrected chi connectivity index (χ0v) is 10.4. The Morgan fingerprint density at radius 2 is 2.00 bits per heavy atom. The van der Waals surface area contributed by atoms with Gasteiger partial charge in [-0.05, 0) is 25.8 Å². The molecule has 18 heavy (non-hydrogen) atoms. The first kappa shape index (κ1) is 14.1. The Kier molecular flexibility index (Phi) is 4.40. The lowest BCUT2D eigenvalue weighted by atomic mass is 9.83. The van der Waals surface area contributed by atoms with E-state index in [1.807, 2.05) is 0 Å². The monoisotopic (exact) mass is 248 g/mol. The summed E-state index contributed by atoms with van der Waals surface area (Å²) in [6, 6.07) is 9.18. The molecule has 96 valence electrons. The standard InChI is InChI=1S/C13H16N2O3/c1-13(2,16)8-11(12(9-14)15(17)18)10-6-4-3-5-7-10/h3-7,11-12,16H,8H2,1-2H3/t11-,12+/m1/s1. The van der Waals surface area contributed by atoms with Crippen LogP contribution in [-0.4, -0.2) is 21.7 Å². The molecule has 0 aliphatic rings. The van der Waals surface area contributed by atoms with Crippen molar-refractivity contribution in [2.24, 2.45) is 0 Å². The van der Waals surface area contributed by atoms with Crippen molar-refractivity contribution in [3.8, 4) is 6.07 Å². The van der Waals surface area contributed by atoms with Crippen molar-refractivity contribution in [3.05, 3.63) is 46.0 Å². The number of aliphatic hydroxyl groups is 1. The molecule has 1 aromatic carbocycles. The van der Waals surface area contributed by atoms with Crippen LogP contribution in [0.5, 0.6) is 0 Å². The predicted octanol–water partition coefficient (Wildman–Crippen LogP) is 2.10. The SMILES string of the molecule is CC(C)(O)C[C@H](c1ccccc1)[C@H](C#N)[N+](=O)[O-]. The first-order valence-corrected chi connectivity index (χ1v) is 5.65. The summed E-state index contributed by atoms with van der Waals surface area (Å²) in [5.74, 6) is -0.619. The fraction of sp³-hybridized carbons (Fsp3) is 0.462. The molecular formula is C13H16N2O3. The third-order valence-corrected chi connectivity index (χ3v) is 2.69. The van der Waals surface area contributed by atoms with E-state index in [1.54, 1.807) is 50.2 Å². The Morgan fingerprint density at radius 1 is 1.44 bits per heavy atom. The van der Waals surface area contributed by atoms with E-state index in [-0.39, 0.29) is 6.42 Å². The van der Waals surface area contributed by atoms with Crippen molar-refractivity contribution in [1.82, 2.24) is 0 Å². The van der Waals surface area contributed by atoms with Gasteiger partial charge in [-0.2, -0.15) is 5.26 Å². The lowest BCUT2D eigenvalue weighted by Gasteiger charge is -2.24. The maximum Gasteiger partial charge on any atom is 0.303 e. The van der Waals surface area contributed by atoms with Gasteiger partial charge >= 0.3 is 6.04 Å². The summed E-state index contributed by atoms with van der Waals surface area (Å²) in [6.45, 7) is 3.16. The maximum atomic E-state index is 10.9. The van der Waals surface area contributed by atoms with Crippen molar-refractivity contribution in [2.45, 2.75) is 37.8 Å². The van der Waals surface area contributed by atoms with Crippen LogP contribution in [-0.2, 0) is 0 Å². The Balaban J connectivity index is 3.11. The van der Waals surface area contributed by atoms with E-state index in [9.17, 15) is 15.2 Å². The summed E-state index contributed by atoms with van der Waals surface area (Å²) in [7, 11) is 0. The van der Waals surface area contributed by atoms with E-state index < -0.39 is 22.5 Å². The molecule has 0 saturated carbocycles. The van der Waals surface area contributed by atoms with Gasteiger partial charge in [-0.25, -0.2) is 0 Å². The molecule has 1 aromatic rings. The molecule has 0 aliphatic carbocycles. The molecule has 0 fully saturated rings. The largest absolute Gasteiger partial charge is 0.390 e. The van der Waals surface area contributed by atoms with Gasteiger partial charge in [0, 0.05) is 4.92 Å². The van der Waals surface area contributed by atoms with E-state index in [0.717, 1.165) is 0 Å². The first-order chi connectivity index (χ1) is 8.35. The smallest absolute Gasteiger partial charge is 0.303 e. The van der Waals surface area contributed by atoms with E-state index in [4.69, 9.17) is 5.26 Å². The number of benzene rings is 1. The van der Waals surface area contributed by atoms with Crippen molar-refractivity contribution in [1.29, 1.82) is 5.26 Å². The fourth-order valence-corrected chi connectivity index (χ4v) is 1.93. The number of hydrogen-bond acceptors (Lipinski definition) is 4. The summed E-state index contributed by atoms with van der Waals surface area (Å²) in [5, 5.41) is 29.7. The molecule has 0 saturated heterocycles. The van der Waals surface area contributed by atoms with Crippen LogP contribution in [0.4, 0.5) is 0 Å². The van der Waals surface area contributed by atoms with Crippen LogP contribution in [0.1, 0.15) is 31.7 Å². The second-order valence-electron chi connectivity index (χ2n) is 4.89. The van der Waals surface area contributed by atoms with Gasteiger partial charge in [-0.1, -0.05) is 30.3 Å². The number of hydrogen-bond donors (Lipinski definition) is 1. The molecular weight excluding hydrogens is 232 g/mol. The average molecular weight is 248 g/mol. The van der Waals surface area contributed by atoms with Crippen LogP contribution in [0.25, 0.3) is 0 Å². The van der Waals surface area contributed by atoms with Crippen molar-refractivity contribution < 1.29 is 10.0 Å². The van der Waals surface area contributed by atoms with Crippen molar-refractivity contribution >= 4 is 0 Å². The minimum atomic E-state index is -1.35. The molecule has 1 rings (SSSR count). The van der Waals surface area contributed by atoms with Crippen LogP contribution < -0.4 is 0 Å². The van der Waals surface area contributed by atoms with Gasteiger partial charge in [0.05, 0.1) is 11.5 Å². The van der Waals surface area contributed by atoms with Crippen LogP contribution in [0.3, 0.4) is 0 Å². The number of nitrogens with zero attached hydrogens (tertiary/aromatic N) is 2. The molecule has 1 N–H and O–H groups in total. The molecule has 2 atom stereocenters. The van der Waals surface area contributed by atoms with Gasteiger partial charge in [0.25, 0.3) is 0 Å². The third-order valence-electron chi connectivity index (χ3n) is 2.69. The second-order valence-corrected chi connectivity index (χ2v) is 4.89. The Bertz CT molecular complexity index is 446. The molecule has 0 bridgehead atoms. The van der Waals surface area contributed by atoms with Gasteiger partial charge in [-0.15, -0.1) is 0 Å². The summed E-state index contributed by atoms with van der Waals surface area (Å²) in [6.07, 6.45) is 0.163. The van der Waals surface area contributed by atoms with E-state index >= 15 is 0 Å². The van der Waals surface area contributed by atoms with Gasteiger partial charge < -0.3 is 5.11 Å². The second kappa shape index (κ2) is 5.61. The molecule has 0 spiro atoms. The molecule has 5 heteroatoms. The fourth-order valence-electron chi connectivity index (χ4n) is 1.93. The summed E-state index contributed by atoms with van der Waals surface area (Å²) < 4.78 is 0. The highest BCUT2D eigenvalue weighted by Crippen LogP contribution is 2.30. The van der Waals surface area contributed by atoms with Crippen molar-refractivity contribution in [3.63, 3.8) is 0 Å². The Labute approximate surface area is 106 Å². The quantitative estimate of drug-likeness (QED) is 0.638. The maximum absolute atomic E-state index is 10.9. The zero-order valence-electron chi connectivity index (χ0n) is 10.4. The average Bonchev–Trinajstić information content (AvgIpc) is 2.28. The van der Waals surface area contributed by atoms with Gasteiger partial charge in [0.1, 0.15) is 6.07 Å². The van der Waals surface area contributed by atoms with Gasteiger partial charge in [-0.3, -0.25) is 10.1 Å². The van der Waals surface area contributed by atoms with Crippen LogP contribution >= 0.6 is 0 Å². The minimum absolute atomic E-state index is 0.163. The molecule has 0 aromatic heterocycles. The molecule has 0 aliphatic heterocycles. The normalized spacial score (nSPS) is 14.6. The third kappa shape index (κ3) is 3.82. The zero-order chi connectivity index (χ0) is 13.8. The number of nitro groups is 1. The van der Waals surface area contributed by atoms with Crippen molar-refractivity contribution in [2.75, 3.05) is 0 Å². The molecule has 5 nitrogen and oxygen atoms in total. The molecule has 0 unspecified atom stereocenters.